The van der Waals surface area contributed by atoms with Gasteiger partial charge in [0.2, 0.25) is 0 Å². The zero-order valence-corrected chi connectivity index (χ0v) is 11.7. The van der Waals surface area contributed by atoms with Gasteiger partial charge < -0.3 is 9.64 Å². The van der Waals surface area contributed by atoms with Crippen molar-refractivity contribution >= 4 is 11.6 Å². The van der Waals surface area contributed by atoms with E-state index < -0.39 is 0 Å². The Hall–Kier alpha value is -1.95. The number of hydrogen-bond acceptors (Lipinski definition) is 5. The number of ether oxygens (including phenoxy) is 1. The summed E-state index contributed by atoms with van der Waals surface area (Å²) in [7, 11) is 3.51. The number of nitrogens with zero attached hydrogens (tertiary/aromatic N) is 4. The molecule has 0 amide bonds. The number of rotatable bonds is 2. The molecule has 2 aromatic rings. The number of carbonyl (C=O) groups is 1. The minimum Gasteiger partial charge on any atom is -0.465 e. The average Bonchev–Trinajstić information content (AvgIpc) is 2.90. The zero-order valence-electron chi connectivity index (χ0n) is 11.7. The third-order valence-electron chi connectivity index (χ3n) is 3.94. The van der Waals surface area contributed by atoms with E-state index in [-0.39, 0.29) is 5.97 Å². The molecule has 0 bridgehead atoms. The van der Waals surface area contributed by atoms with Gasteiger partial charge in [-0.2, -0.15) is 0 Å². The van der Waals surface area contributed by atoms with Gasteiger partial charge in [-0.3, -0.25) is 4.40 Å². The van der Waals surface area contributed by atoms with Crippen molar-refractivity contribution < 1.29 is 9.53 Å². The fourth-order valence-electron chi connectivity index (χ4n) is 2.70. The van der Waals surface area contributed by atoms with Crippen LogP contribution in [0.3, 0.4) is 0 Å². The highest BCUT2D eigenvalue weighted by atomic mass is 16.5. The number of likely N-dealkylation sites (tertiary alicyclic amines) is 1. The quantitative estimate of drug-likeness (QED) is 0.773. The lowest BCUT2D eigenvalue weighted by Crippen LogP contribution is -2.29. The maximum atomic E-state index is 11.5. The molecule has 0 aromatic carbocycles. The summed E-state index contributed by atoms with van der Waals surface area (Å²) in [5.41, 5.74) is 1.20. The largest absolute Gasteiger partial charge is 0.465 e. The summed E-state index contributed by atoms with van der Waals surface area (Å²) >= 11 is 0. The van der Waals surface area contributed by atoms with Gasteiger partial charge in [0.05, 0.1) is 12.7 Å². The van der Waals surface area contributed by atoms with Crippen molar-refractivity contribution in [3.8, 4) is 0 Å². The number of hydrogen-bond donors (Lipinski definition) is 0. The second-order valence-corrected chi connectivity index (χ2v) is 5.27. The van der Waals surface area contributed by atoms with Gasteiger partial charge in [-0.05, 0) is 45.1 Å². The molecule has 2 aromatic heterocycles. The molecule has 0 saturated carbocycles. The molecule has 1 aliphatic rings. The van der Waals surface area contributed by atoms with Crippen LogP contribution in [0, 0.1) is 0 Å². The van der Waals surface area contributed by atoms with Crippen molar-refractivity contribution in [2.24, 2.45) is 0 Å². The molecule has 3 heterocycles. The molecule has 0 radical (unpaired) electrons. The lowest BCUT2D eigenvalue weighted by molar-refractivity contribution is 0.0600. The smallest absolute Gasteiger partial charge is 0.338 e. The Bertz CT molecular complexity index is 629. The third-order valence-corrected chi connectivity index (χ3v) is 3.94. The Balaban J connectivity index is 1.92. The molecule has 0 spiro atoms. The van der Waals surface area contributed by atoms with Crippen molar-refractivity contribution in [1.29, 1.82) is 0 Å². The first-order valence-electron chi connectivity index (χ1n) is 6.80. The Morgan fingerprint density at radius 2 is 2.10 bits per heavy atom. The number of carbonyl (C=O) groups excluding carboxylic acids is 1. The van der Waals surface area contributed by atoms with Gasteiger partial charge in [0, 0.05) is 12.1 Å². The Morgan fingerprint density at radius 3 is 2.80 bits per heavy atom. The lowest BCUT2D eigenvalue weighted by atomic mass is 9.96. The van der Waals surface area contributed by atoms with Crippen LogP contribution in [-0.2, 0) is 4.74 Å². The SMILES string of the molecule is COC(=O)c1ccn2c(C3CCN(C)CC3)nnc2c1. The predicted octanol–water partition coefficient (Wildman–Crippen LogP) is 1.33. The predicted molar refractivity (Wildman–Crippen MR) is 73.8 cm³/mol. The van der Waals surface area contributed by atoms with Crippen molar-refractivity contribution in [3.05, 3.63) is 29.7 Å². The van der Waals surface area contributed by atoms with E-state index in [0.29, 0.717) is 17.1 Å². The molecule has 6 nitrogen and oxygen atoms in total. The summed E-state index contributed by atoms with van der Waals surface area (Å²) < 4.78 is 6.69. The summed E-state index contributed by atoms with van der Waals surface area (Å²) in [5, 5.41) is 8.49. The molecule has 1 saturated heterocycles. The minimum atomic E-state index is -0.351. The van der Waals surface area contributed by atoms with Crippen LogP contribution in [-0.4, -0.2) is 52.7 Å². The monoisotopic (exact) mass is 274 g/mol. The highest BCUT2D eigenvalue weighted by molar-refractivity contribution is 5.90. The number of piperidine rings is 1. The fourth-order valence-corrected chi connectivity index (χ4v) is 2.70. The summed E-state index contributed by atoms with van der Waals surface area (Å²) in [5.74, 6) is 1.08. The molecule has 20 heavy (non-hydrogen) atoms. The molecule has 0 N–H and O–H groups in total. The maximum Gasteiger partial charge on any atom is 0.338 e. The number of aromatic nitrogens is 3. The van der Waals surface area contributed by atoms with Gasteiger partial charge in [0.25, 0.3) is 0 Å². The van der Waals surface area contributed by atoms with Gasteiger partial charge in [0.15, 0.2) is 5.65 Å². The first kappa shape index (κ1) is 13.1. The van der Waals surface area contributed by atoms with Crippen molar-refractivity contribution in [2.45, 2.75) is 18.8 Å². The van der Waals surface area contributed by atoms with E-state index in [2.05, 4.69) is 22.1 Å². The van der Waals surface area contributed by atoms with Crippen LogP contribution in [0.25, 0.3) is 5.65 Å². The van der Waals surface area contributed by atoms with Crippen molar-refractivity contribution in [1.82, 2.24) is 19.5 Å². The van der Waals surface area contributed by atoms with Gasteiger partial charge in [0.1, 0.15) is 5.82 Å². The molecule has 3 rings (SSSR count). The second-order valence-electron chi connectivity index (χ2n) is 5.27. The van der Waals surface area contributed by atoms with E-state index in [1.165, 1.54) is 7.11 Å². The van der Waals surface area contributed by atoms with Crippen LogP contribution in [0.5, 0.6) is 0 Å². The molecule has 6 heteroatoms. The van der Waals surface area contributed by atoms with Gasteiger partial charge >= 0.3 is 5.97 Å². The topological polar surface area (TPSA) is 59.7 Å². The van der Waals surface area contributed by atoms with E-state index in [1.54, 1.807) is 12.1 Å². The average molecular weight is 274 g/mol. The van der Waals surface area contributed by atoms with Gasteiger partial charge in [-0.25, -0.2) is 4.79 Å². The normalized spacial score (nSPS) is 17.5. The lowest BCUT2D eigenvalue weighted by Gasteiger charge is -2.27. The van der Waals surface area contributed by atoms with Crippen LogP contribution in [0.2, 0.25) is 0 Å². The van der Waals surface area contributed by atoms with Crippen molar-refractivity contribution in [3.63, 3.8) is 0 Å². The van der Waals surface area contributed by atoms with Crippen LogP contribution >= 0.6 is 0 Å². The van der Waals surface area contributed by atoms with E-state index in [9.17, 15) is 4.79 Å². The Labute approximate surface area is 117 Å². The summed E-state index contributed by atoms with van der Waals surface area (Å²) in [4.78, 5) is 13.8. The fraction of sp³-hybridized carbons (Fsp3) is 0.500. The minimum absolute atomic E-state index is 0.351. The van der Waals surface area contributed by atoms with Gasteiger partial charge in [-0.15, -0.1) is 10.2 Å². The van der Waals surface area contributed by atoms with Crippen LogP contribution in [0.15, 0.2) is 18.3 Å². The number of methoxy groups -OCH3 is 1. The van der Waals surface area contributed by atoms with Crippen LogP contribution in [0.4, 0.5) is 0 Å². The van der Waals surface area contributed by atoms with Crippen LogP contribution in [0.1, 0.15) is 34.9 Å². The maximum absolute atomic E-state index is 11.5. The number of esters is 1. The zero-order chi connectivity index (χ0) is 14.1. The molecule has 1 aliphatic heterocycles. The highest BCUT2D eigenvalue weighted by Crippen LogP contribution is 2.26. The molecular weight excluding hydrogens is 256 g/mol. The molecule has 0 atom stereocenters. The van der Waals surface area contributed by atoms with E-state index in [0.717, 1.165) is 31.8 Å². The molecule has 1 fully saturated rings. The van der Waals surface area contributed by atoms with E-state index in [1.807, 2.05) is 10.6 Å². The summed E-state index contributed by atoms with van der Waals surface area (Å²) in [6.45, 7) is 2.17. The first-order valence-corrected chi connectivity index (χ1v) is 6.80. The van der Waals surface area contributed by atoms with Crippen LogP contribution < -0.4 is 0 Å². The third kappa shape index (κ3) is 2.27. The molecule has 0 unspecified atom stereocenters. The number of fused-ring (bicyclic) bond motifs is 1. The molecule has 0 aliphatic carbocycles. The Morgan fingerprint density at radius 1 is 1.35 bits per heavy atom. The number of pyridine rings is 1. The standard InChI is InChI=1S/C14H18N4O2/c1-17-6-3-10(4-7-17)13-16-15-12-9-11(14(19)20-2)5-8-18(12)13/h5,8-10H,3-4,6-7H2,1-2H3. The van der Waals surface area contributed by atoms with E-state index >= 15 is 0 Å². The van der Waals surface area contributed by atoms with E-state index in [4.69, 9.17) is 4.74 Å². The highest BCUT2D eigenvalue weighted by Gasteiger charge is 2.23. The first-order chi connectivity index (χ1) is 9.69. The van der Waals surface area contributed by atoms with Crippen molar-refractivity contribution in [2.75, 3.05) is 27.2 Å². The Kier molecular flexibility index (Phi) is 3.40. The summed E-state index contributed by atoms with van der Waals surface area (Å²) in [6, 6.07) is 3.47. The molecular formula is C14H18N4O2. The second kappa shape index (κ2) is 5.20. The molecule has 106 valence electrons. The summed E-state index contributed by atoms with van der Waals surface area (Å²) in [6.07, 6.45) is 4.04. The van der Waals surface area contributed by atoms with Gasteiger partial charge in [-0.1, -0.05) is 0 Å².